The van der Waals surface area contributed by atoms with Crippen molar-refractivity contribution in [2.24, 2.45) is 10.8 Å². The molecule has 0 saturated heterocycles. The zero-order valence-corrected chi connectivity index (χ0v) is 13.5. The van der Waals surface area contributed by atoms with Gasteiger partial charge in [0.1, 0.15) is 0 Å². The van der Waals surface area contributed by atoms with Crippen molar-refractivity contribution in [3.63, 3.8) is 0 Å². The number of rotatable bonds is 8. The number of aliphatic imine (C=N–C) groups is 1. The summed E-state index contributed by atoms with van der Waals surface area (Å²) in [7, 11) is 0. The fraction of sp³-hybridized carbons (Fsp3) is 0.562. The minimum Gasteiger partial charge on any atom is -0.342 e. The van der Waals surface area contributed by atoms with Crippen molar-refractivity contribution in [2.45, 2.75) is 27.2 Å². The third-order valence-corrected chi connectivity index (χ3v) is 3.60. The van der Waals surface area contributed by atoms with Crippen LogP contribution in [-0.4, -0.2) is 48.5 Å². The van der Waals surface area contributed by atoms with Crippen LogP contribution < -0.4 is 11.3 Å². The molecule has 1 aromatic rings. The first kappa shape index (κ1) is 17.5. The van der Waals surface area contributed by atoms with Crippen LogP contribution in [0, 0.1) is 0 Å². The van der Waals surface area contributed by atoms with Crippen LogP contribution in [0.15, 0.2) is 35.3 Å². The molecule has 5 heteroatoms. The van der Waals surface area contributed by atoms with E-state index in [-0.39, 0.29) is 0 Å². The van der Waals surface area contributed by atoms with Crippen LogP contribution in [0.1, 0.15) is 27.2 Å². The highest BCUT2D eigenvalue weighted by Gasteiger charge is 2.09. The third-order valence-electron chi connectivity index (χ3n) is 3.60. The van der Waals surface area contributed by atoms with Crippen molar-refractivity contribution in [2.75, 3.05) is 32.7 Å². The molecule has 0 saturated carbocycles. The summed E-state index contributed by atoms with van der Waals surface area (Å²) in [6.07, 6.45) is 1.10. The Hall–Kier alpha value is -1.59. The maximum absolute atomic E-state index is 5.65. The molecule has 0 aliphatic rings. The fourth-order valence-electron chi connectivity index (χ4n) is 2.26. The molecule has 5 nitrogen and oxygen atoms in total. The number of benzene rings is 1. The molecule has 1 rings (SSSR count). The summed E-state index contributed by atoms with van der Waals surface area (Å²) in [6, 6.07) is 9.88. The number of guanidine groups is 1. The first-order valence-corrected chi connectivity index (χ1v) is 7.82. The maximum atomic E-state index is 5.65. The molecule has 0 radical (unpaired) electrons. The van der Waals surface area contributed by atoms with Gasteiger partial charge in [-0.05, 0) is 45.1 Å². The summed E-state index contributed by atoms with van der Waals surface area (Å²) in [5.41, 5.74) is 3.64. The SMILES string of the molecule is CCN(CC)CCCN(CC)C(=Nc1ccccc1)NN. The highest BCUT2D eigenvalue weighted by atomic mass is 15.4. The van der Waals surface area contributed by atoms with Crippen molar-refractivity contribution >= 4 is 11.6 Å². The zero-order chi connectivity index (χ0) is 15.5. The highest BCUT2D eigenvalue weighted by Crippen LogP contribution is 2.10. The Labute approximate surface area is 128 Å². The molecule has 0 unspecified atom stereocenters. The molecule has 0 aromatic heterocycles. The minimum atomic E-state index is 0.725. The number of nitrogens with two attached hydrogens (primary N) is 1. The van der Waals surface area contributed by atoms with Gasteiger partial charge in [0.05, 0.1) is 5.69 Å². The van der Waals surface area contributed by atoms with E-state index in [0.29, 0.717) is 0 Å². The Morgan fingerprint density at radius 2 is 1.71 bits per heavy atom. The summed E-state index contributed by atoms with van der Waals surface area (Å²) in [6.45, 7) is 11.7. The summed E-state index contributed by atoms with van der Waals surface area (Å²) < 4.78 is 0. The number of hydrogen-bond donors (Lipinski definition) is 2. The van der Waals surface area contributed by atoms with Crippen molar-refractivity contribution in [1.82, 2.24) is 15.2 Å². The number of nitrogens with zero attached hydrogens (tertiary/aromatic N) is 3. The Morgan fingerprint density at radius 3 is 2.24 bits per heavy atom. The number of hydrogen-bond acceptors (Lipinski definition) is 3. The van der Waals surface area contributed by atoms with Gasteiger partial charge in [0, 0.05) is 13.1 Å². The monoisotopic (exact) mass is 291 g/mol. The second kappa shape index (κ2) is 10.2. The average Bonchev–Trinajstić information content (AvgIpc) is 2.54. The number of hydrazine groups is 1. The molecule has 0 spiro atoms. The number of para-hydroxylation sites is 1. The lowest BCUT2D eigenvalue weighted by molar-refractivity contribution is 0.282. The van der Waals surface area contributed by atoms with E-state index in [1.165, 1.54) is 0 Å². The van der Waals surface area contributed by atoms with Crippen LogP contribution in [0.4, 0.5) is 5.69 Å². The van der Waals surface area contributed by atoms with Crippen LogP contribution in [-0.2, 0) is 0 Å². The summed E-state index contributed by atoms with van der Waals surface area (Å²) in [4.78, 5) is 9.18. The lowest BCUT2D eigenvalue weighted by Gasteiger charge is -2.25. The van der Waals surface area contributed by atoms with Crippen LogP contribution in [0.3, 0.4) is 0 Å². The number of nitrogens with one attached hydrogen (secondary N) is 1. The van der Waals surface area contributed by atoms with Crippen molar-refractivity contribution in [3.05, 3.63) is 30.3 Å². The smallest absolute Gasteiger partial charge is 0.213 e. The Morgan fingerprint density at radius 1 is 1.05 bits per heavy atom. The quantitative estimate of drug-likeness (QED) is 0.334. The Balaban J connectivity index is 2.61. The van der Waals surface area contributed by atoms with Gasteiger partial charge in [-0.15, -0.1) is 0 Å². The highest BCUT2D eigenvalue weighted by molar-refractivity contribution is 5.82. The van der Waals surface area contributed by atoms with Crippen LogP contribution in [0.2, 0.25) is 0 Å². The third kappa shape index (κ3) is 6.14. The van der Waals surface area contributed by atoms with Gasteiger partial charge in [-0.3, -0.25) is 5.43 Å². The molecule has 21 heavy (non-hydrogen) atoms. The normalized spacial score (nSPS) is 11.8. The molecular weight excluding hydrogens is 262 g/mol. The Kier molecular flexibility index (Phi) is 8.47. The van der Waals surface area contributed by atoms with E-state index in [4.69, 9.17) is 5.84 Å². The van der Waals surface area contributed by atoms with E-state index in [2.05, 4.69) is 41.0 Å². The molecule has 3 N–H and O–H groups in total. The van der Waals surface area contributed by atoms with Gasteiger partial charge >= 0.3 is 0 Å². The molecular formula is C16H29N5. The first-order chi connectivity index (χ1) is 10.2. The predicted octanol–water partition coefficient (Wildman–Crippen LogP) is 2.19. The van der Waals surface area contributed by atoms with Gasteiger partial charge < -0.3 is 9.80 Å². The zero-order valence-electron chi connectivity index (χ0n) is 13.5. The van der Waals surface area contributed by atoms with Gasteiger partial charge in [-0.1, -0.05) is 32.0 Å². The molecule has 0 amide bonds. The molecule has 118 valence electrons. The summed E-state index contributed by atoms with van der Waals surface area (Å²) >= 11 is 0. The van der Waals surface area contributed by atoms with Gasteiger partial charge in [0.15, 0.2) is 0 Å². The average molecular weight is 291 g/mol. The molecule has 0 atom stereocenters. The molecule has 0 heterocycles. The second-order valence-corrected chi connectivity index (χ2v) is 4.88. The minimum absolute atomic E-state index is 0.725. The van der Waals surface area contributed by atoms with Gasteiger partial charge in [0.2, 0.25) is 5.96 Å². The molecule has 0 aliphatic heterocycles. The van der Waals surface area contributed by atoms with Gasteiger partial charge in [-0.25, -0.2) is 10.8 Å². The molecule has 0 fully saturated rings. The summed E-state index contributed by atoms with van der Waals surface area (Å²) in [5.74, 6) is 6.37. The van der Waals surface area contributed by atoms with Crippen molar-refractivity contribution in [1.29, 1.82) is 0 Å². The van der Waals surface area contributed by atoms with E-state index in [9.17, 15) is 0 Å². The van der Waals surface area contributed by atoms with E-state index in [0.717, 1.165) is 50.8 Å². The van der Waals surface area contributed by atoms with E-state index in [1.54, 1.807) is 0 Å². The fourth-order valence-corrected chi connectivity index (χ4v) is 2.26. The van der Waals surface area contributed by atoms with Crippen molar-refractivity contribution in [3.8, 4) is 0 Å². The van der Waals surface area contributed by atoms with Crippen LogP contribution in [0.25, 0.3) is 0 Å². The second-order valence-electron chi connectivity index (χ2n) is 4.88. The topological polar surface area (TPSA) is 56.9 Å². The van der Waals surface area contributed by atoms with Gasteiger partial charge in [0.25, 0.3) is 0 Å². The van der Waals surface area contributed by atoms with Gasteiger partial charge in [-0.2, -0.15) is 0 Å². The molecule has 0 bridgehead atoms. The lowest BCUT2D eigenvalue weighted by atomic mass is 10.3. The lowest BCUT2D eigenvalue weighted by Crippen LogP contribution is -2.45. The molecule has 0 aliphatic carbocycles. The first-order valence-electron chi connectivity index (χ1n) is 7.82. The van der Waals surface area contributed by atoms with Crippen molar-refractivity contribution < 1.29 is 0 Å². The standard InChI is InChI=1S/C16H29N5/c1-4-20(5-2)13-10-14-21(6-3)16(19-17)18-15-11-8-7-9-12-15/h7-9,11-12H,4-6,10,13-14,17H2,1-3H3,(H,18,19). The van der Waals surface area contributed by atoms with E-state index < -0.39 is 0 Å². The largest absolute Gasteiger partial charge is 0.342 e. The maximum Gasteiger partial charge on any atom is 0.213 e. The van der Waals surface area contributed by atoms with Crippen LogP contribution in [0.5, 0.6) is 0 Å². The predicted molar refractivity (Wildman–Crippen MR) is 90.5 cm³/mol. The molecule has 1 aromatic carbocycles. The van der Waals surface area contributed by atoms with E-state index in [1.807, 2.05) is 30.3 Å². The summed E-state index contributed by atoms with van der Waals surface area (Å²) in [5, 5.41) is 0. The van der Waals surface area contributed by atoms with E-state index >= 15 is 0 Å². The van der Waals surface area contributed by atoms with Crippen LogP contribution >= 0.6 is 0 Å². The Bertz CT molecular complexity index is 400.